The zero-order chi connectivity index (χ0) is 13.6. The summed E-state index contributed by atoms with van der Waals surface area (Å²) in [7, 11) is 0. The summed E-state index contributed by atoms with van der Waals surface area (Å²) < 4.78 is 0. The number of rotatable bonds is 5. The Kier molecular flexibility index (Phi) is 5.68. The standard InChI is InChI=1S/C15H26N2O/c1-5-10-17(11-6-2)14(18)15(3,4)13-8-7-9-16-12-13/h1,13,16H,6-12H2,2-4H3. The van der Waals surface area contributed by atoms with Crippen LogP contribution in [-0.4, -0.2) is 37.0 Å². The first kappa shape index (κ1) is 15.0. The fourth-order valence-electron chi connectivity index (χ4n) is 2.68. The van der Waals surface area contributed by atoms with Crippen LogP contribution in [0.5, 0.6) is 0 Å². The third-order valence-corrected chi connectivity index (χ3v) is 3.93. The number of hydrogen-bond donors (Lipinski definition) is 1. The molecule has 0 spiro atoms. The van der Waals surface area contributed by atoms with Gasteiger partial charge in [-0.3, -0.25) is 4.79 Å². The van der Waals surface area contributed by atoms with Crippen molar-refractivity contribution in [3.8, 4) is 12.3 Å². The van der Waals surface area contributed by atoms with E-state index >= 15 is 0 Å². The van der Waals surface area contributed by atoms with E-state index in [9.17, 15) is 4.79 Å². The molecule has 0 aromatic rings. The molecule has 1 heterocycles. The summed E-state index contributed by atoms with van der Waals surface area (Å²) in [6.45, 7) is 9.39. The smallest absolute Gasteiger partial charge is 0.229 e. The minimum atomic E-state index is -0.320. The summed E-state index contributed by atoms with van der Waals surface area (Å²) in [5, 5.41) is 3.39. The largest absolute Gasteiger partial charge is 0.331 e. The van der Waals surface area contributed by atoms with Crippen LogP contribution < -0.4 is 5.32 Å². The Labute approximate surface area is 111 Å². The van der Waals surface area contributed by atoms with Crippen molar-refractivity contribution >= 4 is 5.91 Å². The Morgan fingerprint density at radius 3 is 2.78 bits per heavy atom. The van der Waals surface area contributed by atoms with Gasteiger partial charge in [0.25, 0.3) is 0 Å². The molecule has 0 radical (unpaired) electrons. The van der Waals surface area contributed by atoms with Crippen LogP contribution in [0.1, 0.15) is 40.0 Å². The van der Waals surface area contributed by atoms with Gasteiger partial charge in [0.1, 0.15) is 0 Å². The lowest BCUT2D eigenvalue weighted by Gasteiger charge is -2.39. The van der Waals surface area contributed by atoms with E-state index < -0.39 is 0 Å². The topological polar surface area (TPSA) is 32.3 Å². The lowest BCUT2D eigenvalue weighted by molar-refractivity contribution is -0.143. The lowest BCUT2D eigenvalue weighted by Crippen LogP contribution is -2.49. The lowest BCUT2D eigenvalue weighted by atomic mass is 9.74. The van der Waals surface area contributed by atoms with E-state index in [1.165, 1.54) is 0 Å². The molecule has 18 heavy (non-hydrogen) atoms. The highest BCUT2D eigenvalue weighted by Gasteiger charge is 2.39. The third kappa shape index (κ3) is 3.49. The van der Waals surface area contributed by atoms with Crippen molar-refractivity contribution in [3.63, 3.8) is 0 Å². The molecule has 3 nitrogen and oxygen atoms in total. The number of terminal acetylenes is 1. The first-order valence-corrected chi connectivity index (χ1v) is 6.97. The quantitative estimate of drug-likeness (QED) is 0.756. The minimum Gasteiger partial charge on any atom is -0.331 e. The highest BCUT2D eigenvalue weighted by molar-refractivity contribution is 5.82. The fraction of sp³-hybridized carbons (Fsp3) is 0.800. The highest BCUT2D eigenvalue weighted by atomic mass is 16.2. The zero-order valence-electron chi connectivity index (χ0n) is 12.0. The Hall–Kier alpha value is -1.01. The van der Waals surface area contributed by atoms with Crippen molar-refractivity contribution in [2.45, 2.75) is 40.0 Å². The number of carbonyl (C=O) groups excluding carboxylic acids is 1. The fourth-order valence-corrected chi connectivity index (χ4v) is 2.68. The van der Waals surface area contributed by atoms with E-state index in [0.29, 0.717) is 12.5 Å². The van der Waals surface area contributed by atoms with Crippen LogP contribution in [0.4, 0.5) is 0 Å². The van der Waals surface area contributed by atoms with Gasteiger partial charge in [-0.15, -0.1) is 6.42 Å². The van der Waals surface area contributed by atoms with Gasteiger partial charge < -0.3 is 10.2 Å². The molecular weight excluding hydrogens is 224 g/mol. The van der Waals surface area contributed by atoms with Crippen molar-refractivity contribution in [2.75, 3.05) is 26.2 Å². The normalized spacial score (nSPS) is 20.2. The van der Waals surface area contributed by atoms with Crippen LogP contribution >= 0.6 is 0 Å². The van der Waals surface area contributed by atoms with Gasteiger partial charge in [0.15, 0.2) is 0 Å². The maximum absolute atomic E-state index is 12.6. The van der Waals surface area contributed by atoms with E-state index in [2.05, 4.69) is 32.0 Å². The van der Waals surface area contributed by atoms with Crippen LogP contribution in [-0.2, 0) is 4.79 Å². The summed E-state index contributed by atoms with van der Waals surface area (Å²) in [4.78, 5) is 14.5. The van der Waals surface area contributed by atoms with Crippen molar-refractivity contribution < 1.29 is 4.79 Å². The molecule has 1 N–H and O–H groups in total. The number of hydrogen-bond acceptors (Lipinski definition) is 2. The summed E-state index contributed by atoms with van der Waals surface area (Å²) in [5.74, 6) is 3.22. The first-order valence-electron chi connectivity index (χ1n) is 6.97. The van der Waals surface area contributed by atoms with Crippen molar-refractivity contribution in [2.24, 2.45) is 11.3 Å². The van der Waals surface area contributed by atoms with E-state index in [4.69, 9.17) is 6.42 Å². The molecule has 1 unspecified atom stereocenters. The van der Waals surface area contributed by atoms with Gasteiger partial charge in [0, 0.05) is 12.0 Å². The molecule has 1 saturated heterocycles. The second kappa shape index (κ2) is 6.80. The molecule has 1 rings (SSSR count). The second-order valence-electron chi connectivity index (χ2n) is 5.70. The Morgan fingerprint density at radius 1 is 1.56 bits per heavy atom. The van der Waals surface area contributed by atoms with E-state index in [-0.39, 0.29) is 11.3 Å². The average Bonchev–Trinajstić information content (AvgIpc) is 2.38. The van der Waals surface area contributed by atoms with Gasteiger partial charge in [-0.25, -0.2) is 0 Å². The van der Waals surface area contributed by atoms with Gasteiger partial charge in [-0.05, 0) is 38.3 Å². The van der Waals surface area contributed by atoms with E-state index in [1.54, 1.807) is 0 Å². The predicted molar refractivity (Wildman–Crippen MR) is 75.1 cm³/mol. The van der Waals surface area contributed by atoms with Crippen molar-refractivity contribution in [1.29, 1.82) is 0 Å². The number of carbonyl (C=O) groups is 1. The van der Waals surface area contributed by atoms with Gasteiger partial charge >= 0.3 is 0 Å². The molecule has 0 aromatic heterocycles. The predicted octanol–water partition coefficient (Wildman–Crippen LogP) is 1.88. The third-order valence-electron chi connectivity index (χ3n) is 3.93. The van der Waals surface area contributed by atoms with Gasteiger partial charge in [0.2, 0.25) is 5.91 Å². The van der Waals surface area contributed by atoms with Gasteiger partial charge in [0.05, 0.1) is 6.54 Å². The van der Waals surface area contributed by atoms with Crippen LogP contribution in [0, 0.1) is 23.7 Å². The molecule has 1 aliphatic rings. The summed E-state index contributed by atoms with van der Waals surface area (Å²) in [6.07, 6.45) is 8.60. The van der Waals surface area contributed by atoms with Crippen LogP contribution in [0.2, 0.25) is 0 Å². The number of nitrogens with zero attached hydrogens (tertiary/aromatic N) is 1. The average molecular weight is 250 g/mol. The SMILES string of the molecule is C#CCN(CCC)C(=O)C(C)(C)C1CCCNC1. The van der Waals surface area contributed by atoms with Crippen LogP contribution in [0.3, 0.4) is 0 Å². The van der Waals surface area contributed by atoms with E-state index in [0.717, 1.165) is 38.9 Å². The molecule has 1 fully saturated rings. The molecule has 0 aliphatic carbocycles. The molecule has 1 aliphatic heterocycles. The zero-order valence-corrected chi connectivity index (χ0v) is 12.0. The molecule has 102 valence electrons. The minimum absolute atomic E-state index is 0.205. The van der Waals surface area contributed by atoms with Crippen molar-refractivity contribution in [3.05, 3.63) is 0 Å². The Balaban J connectivity index is 2.74. The molecule has 1 amide bonds. The number of amides is 1. The van der Waals surface area contributed by atoms with Gasteiger partial charge in [-0.1, -0.05) is 26.7 Å². The molecule has 3 heteroatoms. The Bertz CT molecular complexity index is 311. The Morgan fingerprint density at radius 2 is 2.28 bits per heavy atom. The van der Waals surface area contributed by atoms with Crippen LogP contribution in [0.25, 0.3) is 0 Å². The van der Waals surface area contributed by atoms with Crippen molar-refractivity contribution in [1.82, 2.24) is 10.2 Å². The molecular formula is C15H26N2O. The maximum Gasteiger partial charge on any atom is 0.229 e. The molecule has 1 atom stereocenters. The summed E-state index contributed by atoms with van der Waals surface area (Å²) >= 11 is 0. The first-order chi connectivity index (χ1) is 8.54. The van der Waals surface area contributed by atoms with E-state index in [1.807, 2.05) is 4.90 Å². The molecule has 0 saturated carbocycles. The highest BCUT2D eigenvalue weighted by Crippen LogP contribution is 2.33. The number of piperidine rings is 1. The van der Waals surface area contributed by atoms with Crippen LogP contribution in [0.15, 0.2) is 0 Å². The summed E-state index contributed by atoms with van der Waals surface area (Å²) in [5.41, 5.74) is -0.320. The molecule has 0 bridgehead atoms. The maximum atomic E-state index is 12.6. The number of nitrogens with one attached hydrogen (secondary N) is 1. The monoisotopic (exact) mass is 250 g/mol. The summed E-state index contributed by atoms with van der Waals surface area (Å²) in [6, 6.07) is 0. The molecule has 0 aromatic carbocycles. The second-order valence-corrected chi connectivity index (χ2v) is 5.70. The van der Waals surface area contributed by atoms with Gasteiger partial charge in [-0.2, -0.15) is 0 Å².